The van der Waals surface area contributed by atoms with Crippen LogP contribution in [0.4, 0.5) is 0 Å². The summed E-state index contributed by atoms with van der Waals surface area (Å²) in [5, 5.41) is 12.2. The fourth-order valence-corrected chi connectivity index (χ4v) is 2.50. The highest BCUT2D eigenvalue weighted by molar-refractivity contribution is 7.09. The summed E-state index contributed by atoms with van der Waals surface area (Å²) in [6.07, 6.45) is 0. The summed E-state index contributed by atoms with van der Waals surface area (Å²) in [6.45, 7) is 3.92. The number of nitrogens with one attached hydrogen (secondary N) is 1. The minimum absolute atomic E-state index is 0.0296. The van der Waals surface area contributed by atoms with E-state index in [9.17, 15) is 0 Å². The van der Waals surface area contributed by atoms with E-state index in [2.05, 4.69) is 10.3 Å². The first-order valence-electron chi connectivity index (χ1n) is 6.22. The van der Waals surface area contributed by atoms with Crippen LogP contribution in [0.15, 0.2) is 29.8 Å². The van der Waals surface area contributed by atoms with E-state index in [1.807, 2.05) is 36.7 Å². The molecule has 0 aliphatic carbocycles. The second kappa shape index (κ2) is 7.23. The number of aliphatic hydroxyl groups excluding tert-OH is 1. The van der Waals surface area contributed by atoms with Gasteiger partial charge in [0.05, 0.1) is 17.8 Å². The van der Waals surface area contributed by atoms with Gasteiger partial charge in [-0.15, -0.1) is 11.3 Å². The van der Waals surface area contributed by atoms with Crippen molar-refractivity contribution in [3.63, 3.8) is 0 Å². The molecule has 102 valence electrons. The monoisotopic (exact) mass is 278 g/mol. The number of ether oxygens (including phenoxy) is 1. The van der Waals surface area contributed by atoms with E-state index >= 15 is 0 Å². The zero-order valence-electron chi connectivity index (χ0n) is 10.9. The Labute approximate surface area is 117 Å². The SMILES string of the molecule is Cc1ncsc1CNCc1ccccc1OCCO. The van der Waals surface area contributed by atoms with Gasteiger partial charge in [-0.3, -0.25) is 0 Å². The molecule has 0 saturated carbocycles. The van der Waals surface area contributed by atoms with Crippen molar-refractivity contribution in [3.8, 4) is 5.75 Å². The van der Waals surface area contributed by atoms with Gasteiger partial charge in [0.15, 0.2) is 0 Å². The number of hydrogen-bond acceptors (Lipinski definition) is 5. The van der Waals surface area contributed by atoms with Gasteiger partial charge in [0.2, 0.25) is 0 Å². The Morgan fingerprint density at radius 2 is 2.16 bits per heavy atom. The van der Waals surface area contributed by atoms with Crippen LogP contribution in [0.1, 0.15) is 16.1 Å². The lowest BCUT2D eigenvalue weighted by atomic mass is 10.2. The molecule has 2 aromatic rings. The van der Waals surface area contributed by atoms with Crippen molar-refractivity contribution < 1.29 is 9.84 Å². The molecule has 2 rings (SSSR count). The number of aromatic nitrogens is 1. The summed E-state index contributed by atoms with van der Waals surface area (Å²) in [5.41, 5.74) is 4.05. The number of benzene rings is 1. The standard InChI is InChI=1S/C14H18N2O2S/c1-11-14(19-10-16-11)9-15-8-12-4-2-3-5-13(12)18-7-6-17/h2-5,10,15,17H,6-9H2,1H3. The van der Waals surface area contributed by atoms with Crippen molar-refractivity contribution in [2.75, 3.05) is 13.2 Å². The molecule has 4 nitrogen and oxygen atoms in total. The zero-order chi connectivity index (χ0) is 13.5. The quantitative estimate of drug-likeness (QED) is 0.814. The Kier molecular flexibility index (Phi) is 5.32. The average molecular weight is 278 g/mol. The third-order valence-electron chi connectivity index (χ3n) is 2.77. The predicted octanol–water partition coefficient (Wildman–Crippen LogP) is 2.11. The van der Waals surface area contributed by atoms with Gasteiger partial charge in [0.25, 0.3) is 0 Å². The van der Waals surface area contributed by atoms with Crippen LogP contribution in [0.25, 0.3) is 0 Å². The third kappa shape index (κ3) is 4.02. The fraction of sp³-hybridized carbons (Fsp3) is 0.357. The van der Waals surface area contributed by atoms with Crippen LogP contribution in [0, 0.1) is 6.92 Å². The molecule has 0 unspecified atom stereocenters. The van der Waals surface area contributed by atoms with Crippen molar-refractivity contribution in [2.45, 2.75) is 20.0 Å². The van der Waals surface area contributed by atoms with Gasteiger partial charge < -0.3 is 15.2 Å². The summed E-state index contributed by atoms with van der Waals surface area (Å²) in [7, 11) is 0. The van der Waals surface area contributed by atoms with Crippen LogP contribution in [0.5, 0.6) is 5.75 Å². The van der Waals surface area contributed by atoms with Gasteiger partial charge in [0, 0.05) is 23.5 Å². The van der Waals surface area contributed by atoms with E-state index in [1.165, 1.54) is 4.88 Å². The second-order valence-electron chi connectivity index (χ2n) is 4.14. The Morgan fingerprint density at radius 1 is 1.32 bits per heavy atom. The maximum atomic E-state index is 8.80. The van der Waals surface area contributed by atoms with Gasteiger partial charge in [-0.2, -0.15) is 0 Å². The maximum absolute atomic E-state index is 8.80. The van der Waals surface area contributed by atoms with Gasteiger partial charge in [-0.25, -0.2) is 4.98 Å². The number of thiazole rings is 1. The minimum atomic E-state index is 0.0296. The Morgan fingerprint density at radius 3 is 2.89 bits per heavy atom. The summed E-state index contributed by atoms with van der Waals surface area (Å²) in [6, 6.07) is 7.87. The molecule has 1 aromatic carbocycles. The lowest BCUT2D eigenvalue weighted by Gasteiger charge is -2.11. The number of rotatable bonds is 7. The molecule has 0 radical (unpaired) electrons. The first-order valence-corrected chi connectivity index (χ1v) is 7.10. The molecule has 0 spiro atoms. The van der Waals surface area contributed by atoms with E-state index in [4.69, 9.17) is 9.84 Å². The van der Waals surface area contributed by atoms with Crippen LogP contribution < -0.4 is 10.1 Å². The number of aryl methyl sites for hydroxylation is 1. The molecule has 1 heterocycles. The molecule has 0 amide bonds. The van der Waals surface area contributed by atoms with Gasteiger partial charge in [-0.1, -0.05) is 18.2 Å². The van der Waals surface area contributed by atoms with Crippen LogP contribution in [-0.2, 0) is 13.1 Å². The summed E-state index contributed by atoms with van der Waals surface area (Å²) < 4.78 is 5.50. The highest BCUT2D eigenvalue weighted by Crippen LogP contribution is 2.18. The van der Waals surface area contributed by atoms with Crippen molar-refractivity contribution in [3.05, 3.63) is 45.9 Å². The minimum Gasteiger partial charge on any atom is -0.491 e. The van der Waals surface area contributed by atoms with Crippen LogP contribution in [0.2, 0.25) is 0 Å². The van der Waals surface area contributed by atoms with E-state index in [-0.39, 0.29) is 6.61 Å². The van der Waals surface area contributed by atoms with E-state index in [0.717, 1.165) is 30.1 Å². The molecule has 0 aliphatic rings. The van der Waals surface area contributed by atoms with Crippen molar-refractivity contribution in [1.29, 1.82) is 0 Å². The lowest BCUT2D eigenvalue weighted by molar-refractivity contribution is 0.200. The molecule has 5 heteroatoms. The third-order valence-corrected chi connectivity index (χ3v) is 3.70. The van der Waals surface area contributed by atoms with Crippen LogP contribution in [-0.4, -0.2) is 23.3 Å². The smallest absolute Gasteiger partial charge is 0.123 e. The van der Waals surface area contributed by atoms with Crippen LogP contribution >= 0.6 is 11.3 Å². The molecule has 0 atom stereocenters. The molecule has 2 N–H and O–H groups in total. The summed E-state index contributed by atoms with van der Waals surface area (Å²) >= 11 is 1.66. The molecule has 0 aliphatic heterocycles. The molecule has 0 saturated heterocycles. The van der Waals surface area contributed by atoms with E-state index in [1.54, 1.807) is 11.3 Å². The number of para-hydroxylation sites is 1. The topological polar surface area (TPSA) is 54.4 Å². The van der Waals surface area contributed by atoms with Gasteiger partial charge >= 0.3 is 0 Å². The van der Waals surface area contributed by atoms with E-state index in [0.29, 0.717) is 6.61 Å². The highest BCUT2D eigenvalue weighted by Gasteiger charge is 2.04. The molecular weight excluding hydrogens is 260 g/mol. The lowest BCUT2D eigenvalue weighted by Crippen LogP contribution is -2.14. The first kappa shape index (κ1) is 14.0. The largest absolute Gasteiger partial charge is 0.491 e. The molecular formula is C14H18N2O2S. The van der Waals surface area contributed by atoms with Gasteiger partial charge in [-0.05, 0) is 13.0 Å². The number of aliphatic hydroxyl groups is 1. The Bertz CT molecular complexity index is 514. The number of hydrogen-bond donors (Lipinski definition) is 2. The molecule has 1 aromatic heterocycles. The highest BCUT2D eigenvalue weighted by atomic mass is 32.1. The fourth-order valence-electron chi connectivity index (χ4n) is 1.75. The Hall–Kier alpha value is -1.43. The van der Waals surface area contributed by atoms with Crippen molar-refractivity contribution >= 4 is 11.3 Å². The predicted molar refractivity (Wildman–Crippen MR) is 76.4 cm³/mol. The van der Waals surface area contributed by atoms with Gasteiger partial charge in [0.1, 0.15) is 12.4 Å². The van der Waals surface area contributed by atoms with Crippen LogP contribution in [0.3, 0.4) is 0 Å². The van der Waals surface area contributed by atoms with Crippen molar-refractivity contribution in [1.82, 2.24) is 10.3 Å². The molecule has 19 heavy (non-hydrogen) atoms. The molecule has 0 bridgehead atoms. The zero-order valence-corrected chi connectivity index (χ0v) is 11.7. The summed E-state index contributed by atoms with van der Waals surface area (Å²) in [5.74, 6) is 0.824. The van der Waals surface area contributed by atoms with E-state index < -0.39 is 0 Å². The Balaban J connectivity index is 1.90. The molecule has 0 fully saturated rings. The normalized spacial score (nSPS) is 10.6. The number of nitrogens with zero attached hydrogens (tertiary/aromatic N) is 1. The average Bonchev–Trinajstić information content (AvgIpc) is 2.83. The van der Waals surface area contributed by atoms with Crippen molar-refractivity contribution in [2.24, 2.45) is 0 Å². The summed E-state index contributed by atoms with van der Waals surface area (Å²) in [4.78, 5) is 5.48. The maximum Gasteiger partial charge on any atom is 0.123 e. The first-order chi connectivity index (χ1) is 9.31. The second-order valence-corrected chi connectivity index (χ2v) is 5.08.